The molecule has 0 aliphatic carbocycles. The third kappa shape index (κ3) is 2.63. The normalized spacial score (nSPS) is 14.4. The number of carbonyl (C=O) groups excluding carboxylic acids is 1. The van der Waals surface area contributed by atoms with E-state index in [1.165, 1.54) is 6.20 Å². The summed E-state index contributed by atoms with van der Waals surface area (Å²) in [6, 6.07) is 1.68. The summed E-state index contributed by atoms with van der Waals surface area (Å²) in [5.74, 6) is -0.140. The molecule has 5 heteroatoms. The van der Waals surface area contributed by atoms with Crippen molar-refractivity contribution in [2.24, 2.45) is 0 Å². The SMILES string of the molecule is CN1C=CCC(C(=O)Nc2ccncc2N)=C1. The lowest BCUT2D eigenvalue weighted by molar-refractivity contribution is -0.113. The smallest absolute Gasteiger partial charge is 0.253 e. The molecule has 2 heterocycles. The van der Waals surface area contributed by atoms with Crippen molar-refractivity contribution in [2.75, 3.05) is 18.1 Å². The van der Waals surface area contributed by atoms with Crippen LogP contribution in [0.1, 0.15) is 6.42 Å². The average molecular weight is 230 g/mol. The Hall–Kier alpha value is -2.30. The van der Waals surface area contributed by atoms with Crippen LogP contribution in [-0.2, 0) is 4.79 Å². The van der Waals surface area contributed by atoms with Crippen LogP contribution in [0.5, 0.6) is 0 Å². The third-order valence-corrected chi connectivity index (χ3v) is 2.43. The van der Waals surface area contributed by atoms with Gasteiger partial charge in [-0.05, 0) is 18.7 Å². The zero-order valence-electron chi connectivity index (χ0n) is 9.55. The Morgan fingerprint density at radius 1 is 1.59 bits per heavy atom. The van der Waals surface area contributed by atoms with Crippen molar-refractivity contribution < 1.29 is 4.79 Å². The number of pyridine rings is 1. The molecule has 17 heavy (non-hydrogen) atoms. The number of nitrogens with one attached hydrogen (secondary N) is 1. The maximum absolute atomic E-state index is 11.9. The largest absolute Gasteiger partial charge is 0.396 e. The monoisotopic (exact) mass is 230 g/mol. The van der Waals surface area contributed by atoms with E-state index in [-0.39, 0.29) is 5.91 Å². The zero-order chi connectivity index (χ0) is 12.3. The molecule has 1 aromatic heterocycles. The van der Waals surface area contributed by atoms with Gasteiger partial charge in [0, 0.05) is 25.0 Å². The third-order valence-electron chi connectivity index (χ3n) is 2.43. The number of anilines is 2. The Kier molecular flexibility index (Phi) is 3.09. The average Bonchev–Trinajstić information content (AvgIpc) is 2.32. The first kappa shape index (κ1) is 11.2. The number of allylic oxidation sites excluding steroid dienone is 1. The van der Waals surface area contributed by atoms with Crippen LogP contribution in [0.15, 0.2) is 42.5 Å². The molecule has 1 aliphatic rings. The molecule has 0 saturated heterocycles. The first-order chi connectivity index (χ1) is 8.16. The molecule has 0 radical (unpaired) electrons. The standard InChI is InChI=1S/C12H14N4O/c1-16-6-2-3-9(8-16)12(17)15-11-4-5-14-7-10(11)13/h2,4-8H,3,13H2,1H3,(H,14,15,17). The summed E-state index contributed by atoms with van der Waals surface area (Å²) < 4.78 is 0. The molecular formula is C12H14N4O. The van der Waals surface area contributed by atoms with Gasteiger partial charge in [-0.15, -0.1) is 0 Å². The van der Waals surface area contributed by atoms with Gasteiger partial charge in [0.2, 0.25) is 0 Å². The molecule has 0 bridgehead atoms. The highest BCUT2D eigenvalue weighted by Gasteiger charge is 2.12. The van der Waals surface area contributed by atoms with Crippen LogP contribution in [-0.4, -0.2) is 22.8 Å². The Balaban J connectivity index is 2.10. The van der Waals surface area contributed by atoms with Crippen molar-refractivity contribution in [3.63, 3.8) is 0 Å². The molecule has 5 nitrogen and oxygen atoms in total. The first-order valence-corrected chi connectivity index (χ1v) is 5.27. The molecule has 2 rings (SSSR count). The molecule has 1 amide bonds. The summed E-state index contributed by atoms with van der Waals surface area (Å²) in [6.45, 7) is 0. The summed E-state index contributed by atoms with van der Waals surface area (Å²) in [5.41, 5.74) is 7.45. The van der Waals surface area contributed by atoms with Crippen LogP contribution in [0.4, 0.5) is 11.4 Å². The molecule has 3 N–H and O–H groups in total. The second-order valence-corrected chi connectivity index (χ2v) is 3.83. The zero-order valence-corrected chi connectivity index (χ0v) is 9.55. The first-order valence-electron chi connectivity index (χ1n) is 5.27. The number of hydrogen-bond donors (Lipinski definition) is 2. The summed E-state index contributed by atoms with van der Waals surface area (Å²) >= 11 is 0. The Labute approximate surface area is 99.6 Å². The van der Waals surface area contributed by atoms with Crippen molar-refractivity contribution in [2.45, 2.75) is 6.42 Å². The fraction of sp³-hybridized carbons (Fsp3) is 0.167. The second-order valence-electron chi connectivity index (χ2n) is 3.83. The van der Waals surface area contributed by atoms with E-state index in [0.717, 1.165) is 0 Å². The highest BCUT2D eigenvalue weighted by Crippen LogP contribution is 2.18. The highest BCUT2D eigenvalue weighted by atomic mass is 16.1. The maximum atomic E-state index is 11.9. The minimum Gasteiger partial charge on any atom is -0.396 e. The summed E-state index contributed by atoms with van der Waals surface area (Å²) in [7, 11) is 1.88. The minimum absolute atomic E-state index is 0.140. The predicted molar refractivity (Wildman–Crippen MR) is 66.9 cm³/mol. The van der Waals surface area contributed by atoms with Gasteiger partial charge in [-0.3, -0.25) is 9.78 Å². The summed E-state index contributed by atoms with van der Waals surface area (Å²) in [5, 5.41) is 2.77. The number of nitrogens with two attached hydrogens (primary N) is 1. The van der Waals surface area contributed by atoms with Gasteiger partial charge in [0.1, 0.15) is 0 Å². The van der Waals surface area contributed by atoms with Gasteiger partial charge >= 0.3 is 0 Å². The van der Waals surface area contributed by atoms with Crippen molar-refractivity contribution in [3.05, 3.63) is 42.5 Å². The molecule has 88 valence electrons. The fourth-order valence-corrected chi connectivity index (χ4v) is 1.56. The van der Waals surface area contributed by atoms with Gasteiger partial charge in [0.25, 0.3) is 5.91 Å². The topological polar surface area (TPSA) is 71.2 Å². The lowest BCUT2D eigenvalue weighted by Gasteiger charge is -2.16. The van der Waals surface area contributed by atoms with Gasteiger partial charge in [0.15, 0.2) is 0 Å². The van der Waals surface area contributed by atoms with Crippen LogP contribution in [0.25, 0.3) is 0 Å². The molecule has 0 fully saturated rings. The van der Waals surface area contributed by atoms with Crippen LogP contribution in [0, 0.1) is 0 Å². The minimum atomic E-state index is -0.140. The van der Waals surface area contributed by atoms with E-state index < -0.39 is 0 Å². The Morgan fingerprint density at radius 3 is 3.12 bits per heavy atom. The maximum Gasteiger partial charge on any atom is 0.253 e. The molecule has 0 saturated carbocycles. The number of carbonyl (C=O) groups is 1. The number of nitrogens with zero attached hydrogens (tertiary/aromatic N) is 2. The number of rotatable bonds is 2. The van der Waals surface area contributed by atoms with Gasteiger partial charge in [0.05, 0.1) is 17.6 Å². The van der Waals surface area contributed by atoms with E-state index in [9.17, 15) is 4.79 Å². The molecule has 0 spiro atoms. The lowest BCUT2D eigenvalue weighted by atomic mass is 10.1. The van der Waals surface area contributed by atoms with Gasteiger partial charge in [-0.1, -0.05) is 6.08 Å². The number of aromatic nitrogens is 1. The van der Waals surface area contributed by atoms with Crippen LogP contribution < -0.4 is 11.1 Å². The van der Waals surface area contributed by atoms with E-state index >= 15 is 0 Å². The Morgan fingerprint density at radius 2 is 2.41 bits per heavy atom. The van der Waals surface area contributed by atoms with Gasteiger partial charge in [-0.25, -0.2) is 0 Å². The fourth-order valence-electron chi connectivity index (χ4n) is 1.56. The Bertz CT molecular complexity index is 493. The summed E-state index contributed by atoms with van der Waals surface area (Å²) in [4.78, 5) is 17.7. The molecular weight excluding hydrogens is 216 g/mol. The van der Waals surface area contributed by atoms with E-state index in [2.05, 4.69) is 10.3 Å². The predicted octanol–water partition coefficient (Wildman–Crippen LogP) is 1.34. The van der Waals surface area contributed by atoms with E-state index in [0.29, 0.717) is 23.4 Å². The lowest BCUT2D eigenvalue weighted by Crippen LogP contribution is -2.19. The molecule has 1 aliphatic heterocycles. The van der Waals surface area contributed by atoms with Crippen molar-refractivity contribution >= 4 is 17.3 Å². The summed E-state index contributed by atoms with van der Waals surface area (Å²) in [6.07, 6.45) is 9.38. The molecule has 0 unspecified atom stereocenters. The second kappa shape index (κ2) is 4.69. The van der Waals surface area contributed by atoms with Crippen LogP contribution in [0.3, 0.4) is 0 Å². The van der Waals surface area contributed by atoms with Crippen molar-refractivity contribution in [1.82, 2.24) is 9.88 Å². The van der Waals surface area contributed by atoms with Crippen molar-refractivity contribution in [1.29, 1.82) is 0 Å². The van der Waals surface area contributed by atoms with Crippen LogP contribution in [0.2, 0.25) is 0 Å². The van der Waals surface area contributed by atoms with E-state index in [1.54, 1.807) is 18.5 Å². The molecule has 1 aromatic rings. The van der Waals surface area contributed by atoms with Gasteiger partial charge in [-0.2, -0.15) is 0 Å². The van der Waals surface area contributed by atoms with E-state index in [4.69, 9.17) is 5.73 Å². The van der Waals surface area contributed by atoms with Gasteiger partial charge < -0.3 is 16.0 Å². The molecule has 0 aromatic carbocycles. The van der Waals surface area contributed by atoms with Crippen molar-refractivity contribution in [3.8, 4) is 0 Å². The number of hydrogen-bond acceptors (Lipinski definition) is 4. The van der Waals surface area contributed by atoms with Crippen LogP contribution >= 0.6 is 0 Å². The highest BCUT2D eigenvalue weighted by molar-refractivity contribution is 6.05. The van der Waals surface area contributed by atoms with E-state index in [1.807, 2.05) is 24.2 Å². The number of amides is 1. The number of nitrogen functional groups attached to an aromatic ring is 1. The molecule has 0 atom stereocenters. The quantitative estimate of drug-likeness (QED) is 0.804.